The molecule has 2 aromatic rings. The molecule has 24 heavy (non-hydrogen) atoms. The lowest BCUT2D eigenvalue weighted by atomic mass is 10.1. The average Bonchev–Trinajstić information content (AvgIpc) is 2.63. The number of hydrogen-bond acceptors (Lipinski definition) is 7. The van der Waals surface area contributed by atoms with Gasteiger partial charge in [-0.15, -0.1) is 5.10 Å². The number of nitrogens with one attached hydrogen (secondary N) is 1. The average molecular weight is 327 g/mol. The molecule has 0 atom stereocenters. The quantitative estimate of drug-likeness (QED) is 0.870. The number of piperazine rings is 1. The minimum Gasteiger partial charge on any atom is -0.353 e. The largest absolute Gasteiger partial charge is 0.353 e. The molecule has 1 N–H and O–H groups in total. The fourth-order valence-electron chi connectivity index (χ4n) is 2.70. The van der Waals surface area contributed by atoms with E-state index in [0.29, 0.717) is 11.9 Å². The van der Waals surface area contributed by atoms with Gasteiger partial charge < -0.3 is 15.1 Å². The third-order valence-corrected chi connectivity index (χ3v) is 4.13. The van der Waals surface area contributed by atoms with Crippen LogP contribution in [0.1, 0.15) is 20.3 Å². The number of aromatic nitrogens is 4. The van der Waals surface area contributed by atoms with E-state index in [4.69, 9.17) is 0 Å². The maximum Gasteiger partial charge on any atom is 0.244 e. The van der Waals surface area contributed by atoms with Gasteiger partial charge in [0.05, 0.1) is 6.20 Å². The highest BCUT2D eigenvalue weighted by molar-refractivity contribution is 5.45. The molecule has 0 aromatic carbocycles. The SMILES string of the molecule is CC(C)CCNc1nncc(N2CCN(c3ccccn3)CC2)n1. The fourth-order valence-corrected chi connectivity index (χ4v) is 2.70. The van der Waals surface area contributed by atoms with Crippen LogP contribution in [0.3, 0.4) is 0 Å². The van der Waals surface area contributed by atoms with Crippen molar-refractivity contribution in [1.29, 1.82) is 0 Å². The molecule has 0 spiro atoms. The normalized spacial score (nSPS) is 15.0. The molecular weight excluding hydrogens is 302 g/mol. The number of rotatable bonds is 6. The van der Waals surface area contributed by atoms with Gasteiger partial charge in [0.1, 0.15) is 5.82 Å². The van der Waals surface area contributed by atoms with Gasteiger partial charge >= 0.3 is 0 Å². The van der Waals surface area contributed by atoms with Gasteiger partial charge in [0.2, 0.25) is 5.95 Å². The van der Waals surface area contributed by atoms with Crippen molar-refractivity contribution in [3.63, 3.8) is 0 Å². The van der Waals surface area contributed by atoms with Gasteiger partial charge in [-0.25, -0.2) is 4.98 Å². The van der Waals surface area contributed by atoms with E-state index in [2.05, 4.69) is 55.2 Å². The maximum atomic E-state index is 4.60. The van der Waals surface area contributed by atoms with Crippen molar-refractivity contribution in [1.82, 2.24) is 20.2 Å². The summed E-state index contributed by atoms with van der Waals surface area (Å²) in [6.45, 7) is 8.95. The van der Waals surface area contributed by atoms with Gasteiger partial charge in [-0.3, -0.25) is 0 Å². The van der Waals surface area contributed by atoms with E-state index in [0.717, 1.165) is 50.8 Å². The van der Waals surface area contributed by atoms with E-state index >= 15 is 0 Å². The Hall–Kier alpha value is -2.44. The van der Waals surface area contributed by atoms with Crippen molar-refractivity contribution in [3.8, 4) is 0 Å². The van der Waals surface area contributed by atoms with Crippen LogP contribution < -0.4 is 15.1 Å². The number of anilines is 3. The van der Waals surface area contributed by atoms with E-state index in [1.54, 1.807) is 6.20 Å². The zero-order chi connectivity index (χ0) is 16.8. The predicted octanol–water partition coefficient (Wildman–Crippen LogP) is 2.05. The standard InChI is InChI=1S/C17H25N7/c1-14(2)6-8-19-17-21-16(13-20-22-17)24-11-9-23(10-12-24)15-5-3-4-7-18-15/h3-5,7,13-14H,6,8-12H2,1-2H3,(H,19,21,22). The molecule has 0 unspecified atom stereocenters. The van der Waals surface area contributed by atoms with Crippen LogP contribution in [-0.4, -0.2) is 52.9 Å². The van der Waals surface area contributed by atoms with Crippen LogP contribution in [0.25, 0.3) is 0 Å². The first-order valence-corrected chi connectivity index (χ1v) is 8.57. The molecule has 0 aliphatic carbocycles. The smallest absolute Gasteiger partial charge is 0.244 e. The van der Waals surface area contributed by atoms with E-state index in [1.165, 1.54) is 0 Å². The zero-order valence-electron chi connectivity index (χ0n) is 14.4. The van der Waals surface area contributed by atoms with Crippen LogP contribution in [0.4, 0.5) is 17.6 Å². The molecule has 1 aliphatic rings. The minimum atomic E-state index is 0.611. The first-order valence-electron chi connectivity index (χ1n) is 8.57. The lowest BCUT2D eigenvalue weighted by Crippen LogP contribution is -2.47. The Bertz CT molecular complexity index is 624. The van der Waals surface area contributed by atoms with E-state index < -0.39 is 0 Å². The summed E-state index contributed by atoms with van der Waals surface area (Å²) in [5.74, 6) is 3.19. The van der Waals surface area contributed by atoms with Gasteiger partial charge in [-0.2, -0.15) is 10.1 Å². The first kappa shape index (κ1) is 16.4. The predicted molar refractivity (Wildman–Crippen MR) is 96.4 cm³/mol. The van der Waals surface area contributed by atoms with Crippen molar-refractivity contribution in [3.05, 3.63) is 30.6 Å². The summed E-state index contributed by atoms with van der Waals surface area (Å²) in [5, 5.41) is 11.4. The Morgan fingerprint density at radius 2 is 1.83 bits per heavy atom. The highest BCUT2D eigenvalue weighted by Gasteiger charge is 2.19. The van der Waals surface area contributed by atoms with Gasteiger partial charge in [-0.05, 0) is 24.5 Å². The molecule has 7 nitrogen and oxygen atoms in total. The summed E-state index contributed by atoms with van der Waals surface area (Å²) in [7, 11) is 0. The Labute approximate surface area is 143 Å². The fraction of sp³-hybridized carbons (Fsp3) is 0.529. The van der Waals surface area contributed by atoms with E-state index in [9.17, 15) is 0 Å². The summed E-state index contributed by atoms with van der Waals surface area (Å²) in [5.41, 5.74) is 0. The highest BCUT2D eigenvalue weighted by Crippen LogP contribution is 2.17. The minimum absolute atomic E-state index is 0.611. The molecule has 0 radical (unpaired) electrons. The van der Waals surface area contributed by atoms with Gasteiger partial charge in [-0.1, -0.05) is 19.9 Å². The van der Waals surface area contributed by atoms with Gasteiger partial charge in [0.15, 0.2) is 5.82 Å². The van der Waals surface area contributed by atoms with Crippen molar-refractivity contribution in [2.75, 3.05) is 47.8 Å². The Kier molecular flexibility index (Phi) is 5.40. The number of hydrogen-bond donors (Lipinski definition) is 1. The Balaban J connectivity index is 1.56. The lowest BCUT2D eigenvalue weighted by molar-refractivity contribution is 0.604. The number of pyridine rings is 1. The topological polar surface area (TPSA) is 70.1 Å². The second-order valence-electron chi connectivity index (χ2n) is 6.41. The molecular formula is C17H25N7. The summed E-state index contributed by atoms with van der Waals surface area (Å²) < 4.78 is 0. The van der Waals surface area contributed by atoms with Crippen LogP contribution in [0.5, 0.6) is 0 Å². The first-order chi connectivity index (χ1) is 11.7. The van der Waals surface area contributed by atoms with Gasteiger partial charge in [0.25, 0.3) is 0 Å². The highest BCUT2D eigenvalue weighted by atomic mass is 15.3. The Morgan fingerprint density at radius 3 is 2.50 bits per heavy atom. The third kappa shape index (κ3) is 4.31. The second kappa shape index (κ2) is 7.90. The van der Waals surface area contributed by atoms with E-state index in [1.807, 2.05) is 18.3 Å². The second-order valence-corrected chi connectivity index (χ2v) is 6.41. The Morgan fingerprint density at radius 1 is 1.08 bits per heavy atom. The monoisotopic (exact) mass is 327 g/mol. The van der Waals surface area contributed by atoms with E-state index in [-0.39, 0.29) is 0 Å². The van der Waals surface area contributed by atoms with Crippen LogP contribution in [0, 0.1) is 5.92 Å². The summed E-state index contributed by atoms with van der Waals surface area (Å²) in [4.78, 5) is 13.6. The summed E-state index contributed by atoms with van der Waals surface area (Å²) in [6.07, 6.45) is 4.67. The molecule has 1 aliphatic heterocycles. The summed E-state index contributed by atoms with van der Waals surface area (Å²) >= 11 is 0. The molecule has 2 aromatic heterocycles. The molecule has 3 heterocycles. The molecule has 0 saturated carbocycles. The summed E-state index contributed by atoms with van der Waals surface area (Å²) in [6, 6.07) is 6.02. The third-order valence-electron chi connectivity index (χ3n) is 4.13. The van der Waals surface area contributed by atoms with Crippen molar-refractivity contribution < 1.29 is 0 Å². The number of nitrogens with zero attached hydrogens (tertiary/aromatic N) is 6. The van der Waals surface area contributed by atoms with Crippen LogP contribution in [0.15, 0.2) is 30.6 Å². The van der Waals surface area contributed by atoms with Crippen LogP contribution in [-0.2, 0) is 0 Å². The van der Waals surface area contributed by atoms with Crippen molar-refractivity contribution >= 4 is 17.6 Å². The lowest BCUT2D eigenvalue weighted by Gasteiger charge is -2.35. The van der Waals surface area contributed by atoms with Crippen molar-refractivity contribution in [2.45, 2.75) is 20.3 Å². The molecule has 1 saturated heterocycles. The molecule has 0 amide bonds. The zero-order valence-corrected chi connectivity index (χ0v) is 14.4. The van der Waals surface area contributed by atoms with Gasteiger partial charge in [0, 0.05) is 38.9 Å². The van der Waals surface area contributed by atoms with Crippen LogP contribution >= 0.6 is 0 Å². The van der Waals surface area contributed by atoms with Crippen LogP contribution in [0.2, 0.25) is 0 Å². The molecule has 0 bridgehead atoms. The van der Waals surface area contributed by atoms with Crippen molar-refractivity contribution in [2.24, 2.45) is 5.92 Å². The molecule has 128 valence electrons. The molecule has 7 heteroatoms. The molecule has 1 fully saturated rings. The maximum absolute atomic E-state index is 4.60. The molecule has 3 rings (SSSR count).